The van der Waals surface area contributed by atoms with E-state index in [1.54, 1.807) is 0 Å². The molecule has 0 saturated heterocycles. The first-order valence-electron chi connectivity index (χ1n) is 6.56. The third kappa shape index (κ3) is 13.1. The Morgan fingerprint density at radius 1 is 1.06 bits per heavy atom. The second-order valence-electron chi connectivity index (χ2n) is 4.18. The van der Waals surface area contributed by atoms with Crippen molar-refractivity contribution < 1.29 is 14.3 Å². The van der Waals surface area contributed by atoms with Crippen LogP contribution in [0, 0.1) is 0 Å². The number of esters is 1. The van der Waals surface area contributed by atoms with Gasteiger partial charge in [0.25, 0.3) is 0 Å². The van der Waals surface area contributed by atoms with Crippen molar-refractivity contribution in [1.29, 1.82) is 0 Å². The van der Waals surface area contributed by atoms with Gasteiger partial charge in [0.1, 0.15) is 6.61 Å². The van der Waals surface area contributed by atoms with Gasteiger partial charge in [-0.05, 0) is 19.3 Å². The van der Waals surface area contributed by atoms with E-state index in [1.165, 1.54) is 45.6 Å². The fourth-order valence-corrected chi connectivity index (χ4v) is 1.59. The highest BCUT2D eigenvalue weighted by atomic mass is 16.6. The van der Waals surface area contributed by atoms with Gasteiger partial charge in [-0.15, -0.1) is 6.58 Å². The third-order valence-electron chi connectivity index (χ3n) is 2.64. The van der Waals surface area contributed by atoms with Crippen LogP contribution in [0.25, 0.3) is 0 Å². The van der Waals surface area contributed by atoms with Crippen molar-refractivity contribution >= 4 is 5.97 Å². The minimum absolute atomic E-state index is 0.0814. The smallest absolute Gasteiger partial charge is 0.331 e. The van der Waals surface area contributed by atoms with Gasteiger partial charge < -0.3 is 9.47 Å². The van der Waals surface area contributed by atoms with E-state index in [9.17, 15) is 4.79 Å². The predicted octanol–water partition coefficient (Wildman–Crippen LogP) is 3.48. The minimum atomic E-state index is -0.299. The quantitative estimate of drug-likeness (QED) is 0.298. The summed E-state index contributed by atoms with van der Waals surface area (Å²) < 4.78 is 9.63. The molecule has 0 aliphatic carbocycles. The molecule has 0 amide bonds. The van der Waals surface area contributed by atoms with Crippen molar-refractivity contribution in [3.05, 3.63) is 12.7 Å². The zero-order valence-corrected chi connectivity index (χ0v) is 11.1. The summed E-state index contributed by atoms with van der Waals surface area (Å²) in [6.07, 6.45) is 11.8. The van der Waals surface area contributed by atoms with Gasteiger partial charge in [-0.1, -0.05) is 38.2 Å². The maximum absolute atomic E-state index is 10.7. The van der Waals surface area contributed by atoms with Crippen LogP contribution in [0.5, 0.6) is 0 Å². The van der Waals surface area contributed by atoms with Crippen molar-refractivity contribution in [3.63, 3.8) is 0 Å². The van der Waals surface area contributed by atoms with Crippen molar-refractivity contribution in [2.45, 2.75) is 51.4 Å². The first kappa shape index (κ1) is 16.2. The molecule has 0 fully saturated rings. The van der Waals surface area contributed by atoms with Gasteiger partial charge in [0.05, 0.1) is 7.11 Å². The summed E-state index contributed by atoms with van der Waals surface area (Å²) in [4.78, 5) is 10.7. The highest BCUT2D eigenvalue weighted by Crippen LogP contribution is 2.08. The van der Waals surface area contributed by atoms with Crippen LogP contribution >= 0.6 is 0 Å². The number of allylic oxidation sites excluding steroid dienone is 1. The highest BCUT2D eigenvalue weighted by molar-refractivity contribution is 5.70. The molecule has 0 rings (SSSR count). The van der Waals surface area contributed by atoms with E-state index in [4.69, 9.17) is 4.74 Å². The molecular weight excluding hydrogens is 216 g/mol. The Kier molecular flexibility index (Phi) is 12.6. The maximum atomic E-state index is 10.7. The Bertz CT molecular complexity index is 190. The van der Waals surface area contributed by atoms with E-state index in [0.717, 1.165) is 12.8 Å². The molecule has 0 N–H and O–H groups in total. The number of carbonyl (C=O) groups excluding carboxylic acids is 1. The van der Waals surface area contributed by atoms with Crippen molar-refractivity contribution in [3.8, 4) is 0 Å². The van der Waals surface area contributed by atoms with Gasteiger partial charge in [0, 0.05) is 6.61 Å². The molecule has 0 saturated carbocycles. The van der Waals surface area contributed by atoms with Gasteiger partial charge in [0.15, 0.2) is 0 Å². The Morgan fingerprint density at radius 3 is 2.24 bits per heavy atom. The molecule has 0 atom stereocenters. The summed E-state index contributed by atoms with van der Waals surface area (Å²) in [5, 5.41) is 0. The average molecular weight is 242 g/mol. The second-order valence-corrected chi connectivity index (χ2v) is 4.18. The number of carbonyl (C=O) groups is 1. The number of methoxy groups -OCH3 is 1. The molecular formula is C14H26O3. The molecule has 0 radical (unpaired) electrons. The Labute approximate surface area is 105 Å². The lowest BCUT2D eigenvalue weighted by molar-refractivity contribution is -0.145. The van der Waals surface area contributed by atoms with Crippen LogP contribution in [-0.2, 0) is 14.3 Å². The van der Waals surface area contributed by atoms with Crippen LogP contribution in [0.3, 0.4) is 0 Å². The van der Waals surface area contributed by atoms with Crippen molar-refractivity contribution in [2.24, 2.45) is 0 Å². The van der Waals surface area contributed by atoms with Crippen molar-refractivity contribution in [1.82, 2.24) is 0 Å². The van der Waals surface area contributed by atoms with Gasteiger partial charge in [-0.2, -0.15) is 0 Å². The summed E-state index contributed by atoms with van der Waals surface area (Å²) in [6, 6.07) is 0. The predicted molar refractivity (Wildman–Crippen MR) is 70.0 cm³/mol. The number of hydrogen-bond acceptors (Lipinski definition) is 3. The number of rotatable bonds is 12. The summed E-state index contributed by atoms with van der Waals surface area (Å²) in [5.74, 6) is -0.299. The van der Waals surface area contributed by atoms with Crippen LogP contribution < -0.4 is 0 Å². The fourth-order valence-electron chi connectivity index (χ4n) is 1.59. The van der Waals surface area contributed by atoms with Gasteiger partial charge in [-0.3, -0.25) is 0 Å². The minimum Gasteiger partial charge on any atom is -0.467 e. The lowest BCUT2D eigenvalue weighted by Gasteiger charge is -2.03. The molecule has 0 heterocycles. The van der Waals surface area contributed by atoms with Crippen LogP contribution in [-0.4, -0.2) is 26.3 Å². The van der Waals surface area contributed by atoms with Crippen LogP contribution in [0.15, 0.2) is 12.7 Å². The zero-order valence-electron chi connectivity index (χ0n) is 11.1. The molecule has 100 valence electrons. The van der Waals surface area contributed by atoms with Gasteiger partial charge in [-0.25, -0.2) is 4.79 Å². The van der Waals surface area contributed by atoms with E-state index in [-0.39, 0.29) is 12.6 Å². The summed E-state index contributed by atoms with van der Waals surface area (Å²) in [5.41, 5.74) is 0. The highest BCUT2D eigenvalue weighted by Gasteiger charge is 1.98. The molecule has 0 aromatic heterocycles. The molecule has 0 bridgehead atoms. The lowest BCUT2D eigenvalue weighted by Crippen LogP contribution is -2.10. The van der Waals surface area contributed by atoms with Gasteiger partial charge >= 0.3 is 5.97 Å². The van der Waals surface area contributed by atoms with Gasteiger partial charge in [0.2, 0.25) is 0 Å². The molecule has 0 aliphatic heterocycles. The van der Waals surface area contributed by atoms with E-state index in [2.05, 4.69) is 11.3 Å². The number of unbranched alkanes of at least 4 members (excludes halogenated alkanes) is 7. The number of hydrogen-bond donors (Lipinski definition) is 0. The molecule has 0 unspecified atom stereocenters. The number of ether oxygens (including phenoxy) is 2. The molecule has 0 aliphatic rings. The summed E-state index contributed by atoms with van der Waals surface area (Å²) in [7, 11) is 1.37. The largest absolute Gasteiger partial charge is 0.467 e. The van der Waals surface area contributed by atoms with E-state index >= 15 is 0 Å². The zero-order chi connectivity index (χ0) is 12.8. The molecule has 3 nitrogen and oxygen atoms in total. The molecule has 0 aromatic carbocycles. The molecule has 17 heavy (non-hydrogen) atoms. The Hall–Kier alpha value is -0.830. The van der Waals surface area contributed by atoms with Crippen molar-refractivity contribution in [2.75, 3.05) is 20.3 Å². The second kappa shape index (κ2) is 13.2. The molecule has 0 aromatic rings. The normalized spacial score (nSPS) is 10.2. The van der Waals surface area contributed by atoms with E-state index in [1.807, 2.05) is 6.08 Å². The van der Waals surface area contributed by atoms with Crippen LogP contribution in [0.4, 0.5) is 0 Å². The first-order valence-corrected chi connectivity index (χ1v) is 6.56. The average Bonchev–Trinajstić information content (AvgIpc) is 2.35. The fraction of sp³-hybridized carbons (Fsp3) is 0.786. The Balaban J connectivity index is 2.98. The first-order chi connectivity index (χ1) is 8.31. The van der Waals surface area contributed by atoms with E-state index < -0.39 is 0 Å². The SMILES string of the molecule is C=CCCCCCCCCCOCC(=O)OC. The topological polar surface area (TPSA) is 35.5 Å². The third-order valence-corrected chi connectivity index (χ3v) is 2.64. The van der Waals surface area contributed by atoms with Crippen LogP contribution in [0.2, 0.25) is 0 Å². The van der Waals surface area contributed by atoms with E-state index in [0.29, 0.717) is 6.61 Å². The maximum Gasteiger partial charge on any atom is 0.331 e. The monoisotopic (exact) mass is 242 g/mol. The standard InChI is InChI=1S/C14H26O3/c1-3-4-5-6-7-8-9-10-11-12-17-13-14(15)16-2/h3H,1,4-13H2,2H3. The van der Waals surface area contributed by atoms with Crippen LogP contribution in [0.1, 0.15) is 51.4 Å². The Morgan fingerprint density at radius 2 is 1.65 bits per heavy atom. The lowest BCUT2D eigenvalue weighted by atomic mass is 10.1. The summed E-state index contributed by atoms with van der Waals surface area (Å²) >= 11 is 0. The molecule has 3 heteroatoms. The summed E-state index contributed by atoms with van der Waals surface area (Å²) in [6.45, 7) is 4.45. The molecule has 0 spiro atoms.